The van der Waals surface area contributed by atoms with Gasteiger partial charge >= 0.3 is 0 Å². The highest BCUT2D eigenvalue weighted by molar-refractivity contribution is 5.40. The van der Waals surface area contributed by atoms with Crippen molar-refractivity contribution < 1.29 is 9.13 Å². The zero-order valence-electron chi connectivity index (χ0n) is 7.33. The minimum atomic E-state index is -1.24. The quantitative estimate of drug-likeness (QED) is 0.675. The molecular weight excluding hydrogens is 167 g/mol. The number of benzene rings is 1. The first kappa shape index (κ1) is 8.45. The molecule has 1 aliphatic carbocycles. The van der Waals surface area contributed by atoms with Crippen LogP contribution in [0.15, 0.2) is 30.3 Å². The second-order valence-corrected chi connectivity index (χ2v) is 3.00. The number of rotatable bonds is 2. The van der Waals surface area contributed by atoms with Crippen LogP contribution < -0.4 is 0 Å². The van der Waals surface area contributed by atoms with Crippen molar-refractivity contribution >= 4 is 0 Å². The third-order valence-corrected chi connectivity index (χ3v) is 1.99. The van der Waals surface area contributed by atoms with Crippen LogP contribution in [0.3, 0.4) is 0 Å². The Hall–Kier alpha value is -1.15. The molecule has 1 aromatic rings. The average Bonchev–Trinajstić information content (AvgIpc) is 2.48. The summed E-state index contributed by atoms with van der Waals surface area (Å²) < 4.78 is 17.6. The van der Waals surface area contributed by atoms with Crippen molar-refractivity contribution in [2.75, 3.05) is 0 Å². The van der Waals surface area contributed by atoms with Crippen LogP contribution in [0.2, 0.25) is 0 Å². The molecule has 1 nitrogen and oxygen atoms in total. The van der Waals surface area contributed by atoms with E-state index in [2.05, 4.69) is 6.08 Å². The van der Waals surface area contributed by atoms with Crippen LogP contribution in [0.1, 0.15) is 24.2 Å². The van der Waals surface area contributed by atoms with Crippen LogP contribution in [-0.4, -0.2) is 6.36 Å². The van der Waals surface area contributed by atoms with E-state index in [1.807, 2.05) is 24.3 Å². The molecule has 1 radical (unpaired) electrons. The van der Waals surface area contributed by atoms with Crippen molar-refractivity contribution in [2.45, 2.75) is 19.4 Å². The first-order valence-corrected chi connectivity index (χ1v) is 4.26. The van der Waals surface area contributed by atoms with Gasteiger partial charge in [-0.2, -0.15) is 0 Å². The van der Waals surface area contributed by atoms with E-state index in [0.29, 0.717) is 0 Å². The molecule has 2 unspecified atom stereocenters. The second-order valence-electron chi connectivity index (χ2n) is 3.00. The Morgan fingerprint density at radius 2 is 2.23 bits per heavy atom. The highest BCUT2D eigenvalue weighted by Crippen LogP contribution is 2.29. The van der Waals surface area contributed by atoms with Crippen molar-refractivity contribution in [3.8, 4) is 0 Å². The first-order chi connectivity index (χ1) is 6.27. The van der Waals surface area contributed by atoms with Crippen LogP contribution in [-0.2, 0) is 4.74 Å². The smallest absolute Gasteiger partial charge is 0.196 e. The van der Waals surface area contributed by atoms with Gasteiger partial charge in [-0.15, -0.1) is 0 Å². The minimum Gasteiger partial charge on any atom is -0.336 e. The molecule has 0 spiro atoms. The van der Waals surface area contributed by atoms with Crippen molar-refractivity contribution in [3.63, 3.8) is 0 Å². The summed E-state index contributed by atoms with van der Waals surface area (Å²) >= 11 is 0. The van der Waals surface area contributed by atoms with Crippen LogP contribution in [0.25, 0.3) is 0 Å². The van der Waals surface area contributed by atoms with Gasteiger partial charge in [0.05, 0.1) is 0 Å². The zero-order valence-corrected chi connectivity index (χ0v) is 7.33. The van der Waals surface area contributed by atoms with E-state index in [4.69, 9.17) is 4.74 Å². The molecule has 0 heterocycles. The molecule has 67 valence electrons. The molecule has 1 aliphatic rings. The fourth-order valence-electron chi connectivity index (χ4n) is 1.45. The van der Waals surface area contributed by atoms with Gasteiger partial charge in [0, 0.05) is 0 Å². The number of ether oxygens (including phenoxy) is 1. The lowest BCUT2D eigenvalue weighted by molar-refractivity contribution is -0.0552. The lowest BCUT2D eigenvalue weighted by Gasteiger charge is -2.12. The molecule has 0 saturated heterocycles. The van der Waals surface area contributed by atoms with Gasteiger partial charge < -0.3 is 4.74 Å². The number of fused-ring (bicyclic) bond motifs is 1. The van der Waals surface area contributed by atoms with E-state index < -0.39 is 6.36 Å². The van der Waals surface area contributed by atoms with Gasteiger partial charge in [0.25, 0.3) is 0 Å². The normalized spacial score (nSPS) is 21.5. The summed E-state index contributed by atoms with van der Waals surface area (Å²) in [5.41, 5.74) is 1.99. The number of hydrogen-bond donors (Lipinski definition) is 0. The molecule has 2 heteroatoms. The summed E-state index contributed by atoms with van der Waals surface area (Å²) in [4.78, 5) is 0. The topological polar surface area (TPSA) is 9.23 Å². The van der Waals surface area contributed by atoms with Gasteiger partial charge in [0.1, 0.15) is 6.10 Å². The standard InChI is InChI=1S/C11H10FO/c1-8(12)13-11-7-6-9-4-2-3-5-10(9)11/h2-5,7-8,11H,1H3. The van der Waals surface area contributed by atoms with Crippen LogP contribution in [0, 0.1) is 6.08 Å². The van der Waals surface area contributed by atoms with Gasteiger partial charge in [-0.3, -0.25) is 0 Å². The molecule has 0 bridgehead atoms. The molecule has 13 heavy (non-hydrogen) atoms. The SMILES string of the molecule is CC(F)OC1C=[C]c2ccccc21. The summed E-state index contributed by atoms with van der Waals surface area (Å²) in [6.45, 7) is 1.38. The monoisotopic (exact) mass is 177 g/mol. The highest BCUT2D eigenvalue weighted by atomic mass is 19.1. The third-order valence-electron chi connectivity index (χ3n) is 1.99. The third kappa shape index (κ3) is 1.63. The Morgan fingerprint density at radius 3 is 3.00 bits per heavy atom. The Labute approximate surface area is 76.8 Å². The average molecular weight is 177 g/mol. The van der Waals surface area contributed by atoms with Gasteiger partial charge in [-0.05, 0) is 30.2 Å². The Morgan fingerprint density at radius 1 is 1.46 bits per heavy atom. The van der Waals surface area contributed by atoms with Gasteiger partial charge in [-0.25, -0.2) is 4.39 Å². The maximum atomic E-state index is 12.6. The Balaban J connectivity index is 2.23. The first-order valence-electron chi connectivity index (χ1n) is 4.26. The predicted octanol–water partition coefficient (Wildman–Crippen LogP) is 2.78. The van der Waals surface area contributed by atoms with Gasteiger partial charge in [-0.1, -0.05) is 24.3 Å². The van der Waals surface area contributed by atoms with E-state index in [1.165, 1.54) is 6.92 Å². The lowest BCUT2D eigenvalue weighted by atomic mass is 10.1. The highest BCUT2D eigenvalue weighted by Gasteiger charge is 2.19. The van der Waals surface area contributed by atoms with Crippen LogP contribution >= 0.6 is 0 Å². The Bertz CT molecular complexity index is 331. The number of alkyl halides is 1. The van der Waals surface area contributed by atoms with Gasteiger partial charge in [0.2, 0.25) is 0 Å². The largest absolute Gasteiger partial charge is 0.336 e. The molecule has 0 aliphatic heterocycles. The van der Waals surface area contributed by atoms with Crippen LogP contribution in [0.5, 0.6) is 0 Å². The van der Waals surface area contributed by atoms with E-state index in [1.54, 1.807) is 6.08 Å². The number of hydrogen-bond acceptors (Lipinski definition) is 1. The molecule has 2 rings (SSSR count). The molecule has 0 N–H and O–H groups in total. The predicted molar refractivity (Wildman–Crippen MR) is 47.8 cm³/mol. The van der Waals surface area contributed by atoms with Crippen molar-refractivity contribution in [1.29, 1.82) is 0 Å². The van der Waals surface area contributed by atoms with E-state index in [9.17, 15) is 4.39 Å². The summed E-state index contributed by atoms with van der Waals surface area (Å²) in [5, 5.41) is 0. The molecular formula is C11H10FO. The van der Waals surface area contributed by atoms with E-state index >= 15 is 0 Å². The molecule has 1 aromatic carbocycles. The molecule has 2 atom stereocenters. The molecule has 0 amide bonds. The summed E-state index contributed by atoms with van der Waals surface area (Å²) in [6.07, 6.45) is 3.28. The van der Waals surface area contributed by atoms with Crippen molar-refractivity contribution in [2.24, 2.45) is 0 Å². The second kappa shape index (κ2) is 3.30. The van der Waals surface area contributed by atoms with Gasteiger partial charge in [0.15, 0.2) is 6.36 Å². The summed E-state index contributed by atoms with van der Waals surface area (Å²) in [5.74, 6) is 0. The lowest BCUT2D eigenvalue weighted by Crippen LogP contribution is -2.05. The van der Waals surface area contributed by atoms with Crippen molar-refractivity contribution in [1.82, 2.24) is 0 Å². The fraction of sp³-hybridized carbons (Fsp3) is 0.273. The minimum absolute atomic E-state index is 0.267. The maximum absolute atomic E-state index is 12.6. The summed E-state index contributed by atoms with van der Waals surface area (Å²) in [6, 6.07) is 7.72. The maximum Gasteiger partial charge on any atom is 0.196 e. The van der Waals surface area contributed by atoms with Crippen LogP contribution in [0.4, 0.5) is 4.39 Å². The summed E-state index contributed by atoms with van der Waals surface area (Å²) in [7, 11) is 0. The van der Waals surface area contributed by atoms with Crippen molar-refractivity contribution in [3.05, 3.63) is 47.5 Å². The van der Waals surface area contributed by atoms with E-state index in [0.717, 1.165) is 11.1 Å². The Kier molecular flexibility index (Phi) is 2.15. The molecule has 0 fully saturated rings. The number of halogens is 1. The zero-order chi connectivity index (χ0) is 9.26. The molecule has 0 saturated carbocycles. The molecule has 0 aromatic heterocycles. The fourth-order valence-corrected chi connectivity index (χ4v) is 1.45. The van der Waals surface area contributed by atoms with E-state index in [-0.39, 0.29) is 6.10 Å².